The molecule has 0 aliphatic heterocycles. The van der Waals surface area contributed by atoms with Crippen LogP contribution in [0.4, 0.5) is 0 Å². The summed E-state index contributed by atoms with van der Waals surface area (Å²) in [5.74, 6) is 0.134. The second-order valence-corrected chi connectivity index (χ2v) is 4.51. The Bertz CT molecular complexity index is 312. The molecule has 1 N–H and O–H groups in total. The molecule has 1 nitrogen and oxygen atoms in total. The molecule has 0 heterocycles. The average Bonchev–Trinajstić information content (AvgIpc) is 2.10. The van der Waals surface area contributed by atoms with Crippen LogP contribution in [0.15, 0.2) is 16.6 Å². The molecule has 1 unspecified atom stereocenters. The quantitative estimate of drug-likeness (QED) is 0.866. The van der Waals surface area contributed by atoms with Crippen molar-refractivity contribution in [3.05, 3.63) is 32.8 Å². The molecule has 0 saturated heterocycles. The lowest BCUT2D eigenvalue weighted by atomic mass is 9.97. The minimum atomic E-state index is 0.134. The Morgan fingerprint density at radius 3 is 2.69 bits per heavy atom. The van der Waals surface area contributed by atoms with Crippen LogP contribution in [0.5, 0.6) is 0 Å². The van der Waals surface area contributed by atoms with E-state index in [0.717, 1.165) is 20.6 Å². The number of halogens is 2. The van der Waals surface area contributed by atoms with Gasteiger partial charge >= 0.3 is 0 Å². The van der Waals surface area contributed by atoms with E-state index in [1.807, 2.05) is 26.0 Å². The Morgan fingerprint density at radius 2 is 2.15 bits per heavy atom. The van der Waals surface area contributed by atoms with Crippen molar-refractivity contribution in [2.45, 2.75) is 19.8 Å². The smallest absolute Gasteiger partial charge is 0.0497 e. The fourth-order valence-corrected chi connectivity index (χ4v) is 2.11. The van der Waals surface area contributed by atoms with Crippen LogP contribution in [0.2, 0.25) is 5.02 Å². The molecular weight excluding hydrogens is 251 g/mol. The molecule has 1 aromatic carbocycles. The lowest BCUT2D eigenvalue weighted by Gasteiger charge is -2.13. The van der Waals surface area contributed by atoms with Gasteiger partial charge < -0.3 is 5.11 Å². The van der Waals surface area contributed by atoms with Crippen LogP contribution in [0.25, 0.3) is 0 Å². The van der Waals surface area contributed by atoms with Crippen molar-refractivity contribution in [3.63, 3.8) is 0 Å². The fraction of sp³-hybridized carbons (Fsp3) is 0.400. The van der Waals surface area contributed by atoms with E-state index in [1.165, 1.54) is 0 Å². The first kappa shape index (κ1) is 11.0. The summed E-state index contributed by atoms with van der Waals surface area (Å²) in [7, 11) is 0. The highest BCUT2D eigenvalue weighted by Crippen LogP contribution is 2.29. The summed E-state index contributed by atoms with van der Waals surface area (Å²) in [5, 5.41) is 9.78. The van der Waals surface area contributed by atoms with Crippen molar-refractivity contribution >= 4 is 27.5 Å². The zero-order chi connectivity index (χ0) is 10.0. The van der Waals surface area contributed by atoms with Crippen molar-refractivity contribution in [3.8, 4) is 0 Å². The Morgan fingerprint density at radius 1 is 1.54 bits per heavy atom. The molecule has 1 rings (SSSR count). The highest BCUT2D eigenvalue weighted by molar-refractivity contribution is 9.10. The summed E-state index contributed by atoms with van der Waals surface area (Å²) < 4.78 is 0.957. The third-order valence-electron chi connectivity index (χ3n) is 2.15. The maximum Gasteiger partial charge on any atom is 0.0497 e. The molecule has 0 aliphatic carbocycles. The summed E-state index contributed by atoms with van der Waals surface area (Å²) in [6.45, 7) is 4.09. The molecule has 0 spiro atoms. The van der Waals surface area contributed by atoms with Gasteiger partial charge in [0.2, 0.25) is 0 Å². The molecular formula is C10H12BrClO. The van der Waals surface area contributed by atoms with E-state index in [2.05, 4.69) is 15.9 Å². The van der Waals surface area contributed by atoms with E-state index >= 15 is 0 Å². The number of aliphatic hydroxyl groups excluding tert-OH is 1. The zero-order valence-electron chi connectivity index (χ0n) is 7.64. The van der Waals surface area contributed by atoms with E-state index in [4.69, 9.17) is 16.7 Å². The predicted molar refractivity (Wildman–Crippen MR) is 59.4 cm³/mol. The van der Waals surface area contributed by atoms with Gasteiger partial charge in [0.25, 0.3) is 0 Å². The summed E-state index contributed by atoms with van der Waals surface area (Å²) >= 11 is 9.39. The van der Waals surface area contributed by atoms with E-state index < -0.39 is 0 Å². The SMILES string of the molecule is Cc1c(Cl)cc(Br)cc1C(C)CO. The average molecular weight is 264 g/mol. The molecule has 0 amide bonds. The van der Waals surface area contributed by atoms with Crippen LogP contribution >= 0.6 is 27.5 Å². The van der Waals surface area contributed by atoms with E-state index in [0.29, 0.717) is 0 Å². The number of hydrogen-bond donors (Lipinski definition) is 1. The van der Waals surface area contributed by atoms with Crippen LogP contribution in [0.1, 0.15) is 24.0 Å². The third kappa shape index (κ3) is 2.46. The predicted octanol–water partition coefficient (Wildman–Crippen LogP) is 3.51. The molecule has 13 heavy (non-hydrogen) atoms. The first-order valence-corrected chi connectivity index (χ1v) is 5.29. The van der Waals surface area contributed by atoms with Gasteiger partial charge in [0, 0.05) is 22.0 Å². The highest BCUT2D eigenvalue weighted by atomic mass is 79.9. The highest BCUT2D eigenvalue weighted by Gasteiger charge is 2.10. The van der Waals surface area contributed by atoms with Crippen molar-refractivity contribution in [1.29, 1.82) is 0 Å². The van der Waals surface area contributed by atoms with Crippen LogP contribution in [0.3, 0.4) is 0 Å². The molecule has 1 atom stereocenters. The maximum absolute atomic E-state index is 9.04. The van der Waals surface area contributed by atoms with Crippen LogP contribution in [-0.4, -0.2) is 11.7 Å². The molecule has 0 radical (unpaired) electrons. The first-order valence-electron chi connectivity index (χ1n) is 4.12. The summed E-state index contributed by atoms with van der Waals surface area (Å²) in [6.07, 6.45) is 0. The Labute approximate surface area is 91.9 Å². The van der Waals surface area contributed by atoms with Gasteiger partial charge in [0.05, 0.1) is 0 Å². The van der Waals surface area contributed by atoms with Gasteiger partial charge in [-0.25, -0.2) is 0 Å². The fourth-order valence-electron chi connectivity index (χ4n) is 1.28. The number of benzene rings is 1. The van der Waals surface area contributed by atoms with Crippen molar-refractivity contribution < 1.29 is 5.11 Å². The Hall–Kier alpha value is -0.0500. The largest absolute Gasteiger partial charge is 0.396 e. The van der Waals surface area contributed by atoms with Crippen LogP contribution < -0.4 is 0 Å². The van der Waals surface area contributed by atoms with Gasteiger partial charge in [-0.2, -0.15) is 0 Å². The van der Waals surface area contributed by atoms with Crippen molar-refractivity contribution in [2.75, 3.05) is 6.61 Å². The van der Waals surface area contributed by atoms with Crippen LogP contribution in [0, 0.1) is 6.92 Å². The minimum Gasteiger partial charge on any atom is -0.396 e. The van der Waals surface area contributed by atoms with E-state index in [-0.39, 0.29) is 12.5 Å². The minimum absolute atomic E-state index is 0.134. The molecule has 0 fully saturated rings. The standard InChI is InChI=1S/C10H12BrClO/c1-6(5-13)9-3-8(11)4-10(12)7(9)2/h3-4,6,13H,5H2,1-2H3. The lowest BCUT2D eigenvalue weighted by Crippen LogP contribution is -2.01. The van der Waals surface area contributed by atoms with Gasteiger partial charge in [-0.15, -0.1) is 0 Å². The molecule has 3 heteroatoms. The first-order chi connectivity index (χ1) is 6.06. The molecule has 0 bridgehead atoms. The van der Waals surface area contributed by atoms with Gasteiger partial charge in [-0.1, -0.05) is 34.5 Å². The van der Waals surface area contributed by atoms with Gasteiger partial charge in [0.15, 0.2) is 0 Å². The second-order valence-electron chi connectivity index (χ2n) is 3.19. The van der Waals surface area contributed by atoms with E-state index in [9.17, 15) is 0 Å². The van der Waals surface area contributed by atoms with E-state index in [1.54, 1.807) is 0 Å². The second kappa shape index (κ2) is 4.45. The maximum atomic E-state index is 9.04. The summed E-state index contributed by atoms with van der Waals surface area (Å²) in [4.78, 5) is 0. The van der Waals surface area contributed by atoms with Crippen LogP contribution in [-0.2, 0) is 0 Å². The number of rotatable bonds is 2. The van der Waals surface area contributed by atoms with Gasteiger partial charge in [-0.3, -0.25) is 0 Å². The lowest BCUT2D eigenvalue weighted by molar-refractivity contribution is 0.272. The third-order valence-corrected chi connectivity index (χ3v) is 3.00. The monoisotopic (exact) mass is 262 g/mol. The topological polar surface area (TPSA) is 20.2 Å². The van der Waals surface area contributed by atoms with Gasteiger partial charge in [-0.05, 0) is 30.2 Å². The molecule has 1 aromatic rings. The number of aliphatic hydroxyl groups is 1. The zero-order valence-corrected chi connectivity index (χ0v) is 9.98. The molecule has 0 aliphatic rings. The molecule has 72 valence electrons. The number of hydrogen-bond acceptors (Lipinski definition) is 1. The summed E-state index contributed by atoms with van der Waals surface area (Å²) in [6, 6.07) is 3.87. The molecule has 0 saturated carbocycles. The summed E-state index contributed by atoms with van der Waals surface area (Å²) in [5.41, 5.74) is 2.15. The van der Waals surface area contributed by atoms with Crippen molar-refractivity contribution in [2.24, 2.45) is 0 Å². The Kier molecular flexibility index (Phi) is 3.77. The Balaban J connectivity index is 3.20. The van der Waals surface area contributed by atoms with Gasteiger partial charge in [0.1, 0.15) is 0 Å². The molecule has 0 aromatic heterocycles. The van der Waals surface area contributed by atoms with Crippen molar-refractivity contribution in [1.82, 2.24) is 0 Å². The normalized spacial score (nSPS) is 13.0.